The molecule has 1 amide bonds. The summed E-state index contributed by atoms with van der Waals surface area (Å²) >= 11 is 0. The summed E-state index contributed by atoms with van der Waals surface area (Å²) in [5.41, 5.74) is -0.449. The lowest BCUT2D eigenvalue weighted by Crippen LogP contribution is -2.45. The van der Waals surface area contributed by atoms with Crippen molar-refractivity contribution in [2.45, 2.75) is 23.8 Å². The Morgan fingerprint density at radius 3 is 2.68 bits per heavy atom. The Kier molecular flexibility index (Phi) is 4.77. The van der Waals surface area contributed by atoms with Crippen molar-refractivity contribution in [3.63, 3.8) is 0 Å². The first-order valence-corrected chi connectivity index (χ1v) is 8.67. The minimum Gasteiger partial charge on any atom is -0.348 e. The van der Waals surface area contributed by atoms with Crippen molar-refractivity contribution < 1.29 is 18.1 Å². The third kappa shape index (κ3) is 4.01. The number of carbonyl (C=O) groups is 1. The van der Waals surface area contributed by atoms with Gasteiger partial charge in [0.15, 0.2) is 9.84 Å². The number of benzene rings is 1. The Morgan fingerprint density at radius 2 is 2.14 bits per heavy atom. The van der Waals surface area contributed by atoms with Crippen LogP contribution in [0.3, 0.4) is 0 Å². The third-order valence-electron chi connectivity index (χ3n) is 3.42. The number of nitrogens with one attached hydrogen (secondary N) is 2. The normalized spacial score (nSPS) is 18.7. The quantitative estimate of drug-likeness (QED) is 0.613. The van der Waals surface area contributed by atoms with Gasteiger partial charge in [0.25, 0.3) is 11.6 Å². The molecule has 2 N–H and O–H groups in total. The highest BCUT2D eigenvalue weighted by Crippen LogP contribution is 2.21. The molecule has 1 saturated heterocycles. The molecule has 0 unspecified atom stereocenters. The highest BCUT2D eigenvalue weighted by Gasteiger charge is 2.21. The van der Waals surface area contributed by atoms with Gasteiger partial charge >= 0.3 is 0 Å². The van der Waals surface area contributed by atoms with Crippen LogP contribution in [-0.4, -0.2) is 44.6 Å². The van der Waals surface area contributed by atoms with E-state index in [1.807, 2.05) is 0 Å². The summed E-state index contributed by atoms with van der Waals surface area (Å²) in [6.07, 6.45) is 2.68. The average molecular weight is 327 g/mol. The van der Waals surface area contributed by atoms with E-state index in [2.05, 4.69) is 10.6 Å². The van der Waals surface area contributed by atoms with Crippen LogP contribution in [-0.2, 0) is 9.84 Å². The number of piperidine rings is 1. The number of hydrogen-bond donors (Lipinski definition) is 2. The second kappa shape index (κ2) is 6.41. The maximum atomic E-state index is 12.2. The molecular formula is C13H17N3O5S. The summed E-state index contributed by atoms with van der Waals surface area (Å²) in [6.45, 7) is 1.51. The number of sulfone groups is 1. The molecule has 1 aromatic carbocycles. The minimum absolute atomic E-state index is 0.0276. The van der Waals surface area contributed by atoms with Gasteiger partial charge in [-0.15, -0.1) is 0 Å². The van der Waals surface area contributed by atoms with Crippen LogP contribution < -0.4 is 10.6 Å². The topological polar surface area (TPSA) is 118 Å². The first-order chi connectivity index (χ1) is 10.3. The molecule has 2 rings (SSSR count). The Morgan fingerprint density at radius 1 is 1.41 bits per heavy atom. The van der Waals surface area contributed by atoms with Gasteiger partial charge in [0.2, 0.25) is 0 Å². The van der Waals surface area contributed by atoms with Gasteiger partial charge in [-0.25, -0.2) is 8.42 Å². The molecule has 22 heavy (non-hydrogen) atoms. The van der Waals surface area contributed by atoms with Gasteiger partial charge in [-0.2, -0.15) is 0 Å². The molecule has 1 aliphatic heterocycles. The fraction of sp³-hybridized carbons (Fsp3) is 0.462. The third-order valence-corrected chi connectivity index (χ3v) is 4.52. The lowest BCUT2D eigenvalue weighted by Gasteiger charge is -2.23. The fourth-order valence-corrected chi connectivity index (χ4v) is 2.95. The lowest BCUT2D eigenvalue weighted by atomic mass is 10.1. The smallest absolute Gasteiger partial charge is 0.271 e. The number of rotatable bonds is 4. The number of carbonyl (C=O) groups excluding carboxylic acids is 1. The number of hydrogen-bond acceptors (Lipinski definition) is 6. The van der Waals surface area contributed by atoms with Crippen LogP contribution in [0.15, 0.2) is 23.1 Å². The van der Waals surface area contributed by atoms with Crippen LogP contribution in [0.2, 0.25) is 0 Å². The number of amides is 1. The van der Waals surface area contributed by atoms with Crippen molar-refractivity contribution in [1.82, 2.24) is 10.6 Å². The van der Waals surface area contributed by atoms with E-state index in [9.17, 15) is 23.3 Å². The van der Waals surface area contributed by atoms with Gasteiger partial charge in [-0.1, -0.05) is 0 Å². The van der Waals surface area contributed by atoms with Gasteiger partial charge in [0.05, 0.1) is 9.82 Å². The van der Waals surface area contributed by atoms with Gasteiger partial charge in [-0.05, 0) is 25.5 Å². The molecule has 0 spiro atoms. The van der Waals surface area contributed by atoms with Crippen LogP contribution in [0.1, 0.15) is 23.2 Å². The minimum atomic E-state index is -3.64. The van der Waals surface area contributed by atoms with Gasteiger partial charge in [-0.3, -0.25) is 14.9 Å². The molecule has 1 aliphatic rings. The zero-order chi connectivity index (χ0) is 16.3. The zero-order valence-corrected chi connectivity index (χ0v) is 12.9. The highest BCUT2D eigenvalue weighted by molar-refractivity contribution is 7.90. The molecule has 1 fully saturated rings. The molecule has 1 atom stereocenters. The molecule has 9 heteroatoms. The number of nitrogens with zero attached hydrogens (tertiary/aromatic N) is 1. The summed E-state index contributed by atoms with van der Waals surface area (Å²) in [7, 11) is -3.64. The van der Waals surface area contributed by atoms with Crippen LogP contribution in [0.4, 0.5) is 5.69 Å². The van der Waals surface area contributed by atoms with Crippen molar-refractivity contribution in [3.8, 4) is 0 Å². The summed E-state index contributed by atoms with van der Waals surface area (Å²) < 4.78 is 23.2. The van der Waals surface area contributed by atoms with Crippen molar-refractivity contribution in [3.05, 3.63) is 33.9 Å². The molecule has 120 valence electrons. The van der Waals surface area contributed by atoms with Gasteiger partial charge < -0.3 is 10.6 Å². The van der Waals surface area contributed by atoms with E-state index in [-0.39, 0.29) is 16.5 Å². The second-order valence-corrected chi connectivity index (χ2v) is 7.28. The van der Waals surface area contributed by atoms with Crippen LogP contribution in [0.25, 0.3) is 0 Å². The maximum Gasteiger partial charge on any atom is 0.271 e. The molecule has 1 aromatic rings. The van der Waals surface area contributed by atoms with Crippen molar-refractivity contribution in [1.29, 1.82) is 0 Å². The number of nitro benzene ring substituents is 1. The number of non-ortho nitro benzene ring substituents is 1. The van der Waals surface area contributed by atoms with Crippen LogP contribution >= 0.6 is 0 Å². The van der Waals surface area contributed by atoms with Crippen molar-refractivity contribution >= 4 is 21.4 Å². The predicted molar refractivity (Wildman–Crippen MR) is 79.6 cm³/mol. The van der Waals surface area contributed by atoms with Crippen LogP contribution in [0.5, 0.6) is 0 Å². The molecular weight excluding hydrogens is 310 g/mol. The average Bonchev–Trinajstić information content (AvgIpc) is 2.46. The summed E-state index contributed by atoms with van der Waals surface area (Å²) in [5, 5.41) is 16.8. The standard InChI is InChI=1S/C13H17N3O5S/c1-22(20,21)12-6-9(5-11(7-12)16(18)19)13(17)15-10-3-2-4-14-8-10/h5-7,10,14H,2-4,8H2,1H3,(H,15,17)/t10-/m0/s1. The largest absolute Gasteiger partial charge is 0.348 e. The lowest BCUT2D eigenvalue weighted by molar-refractivity contribution is -0.385. The molecule has 0 saturated carbocycles. The molecule has 0 aromatic heterocycles. The van der Waals surface area contributed by atoms with E-state index in [0.717, 1.165) is 43.8 Å². The van der Waals surface area contributed by atoms with E-state index >= 15 is 0 Å². The maximum absolute atomic E-state index is 12.2. The van der Waals surface area contributed by atoms with Crippen LogP contribution in [0, 0.1) is 10.1 Å². The first kappa shape index (κ1) is 16.4. The van der Waals surface area contributed by atoms with Gasteiger partial charge in [0, 0.05) is 36.5 Å². The Bertz CT molecular complexity index is 696. The van der Waals surface area contributed by atoms with E-state index in [1.165, 1.54) is 0 Å². The molecule has 0 aliphatic carbocycles. The highest BCUT2D eigenvalue weighted by atomic mass is 32.2. The number of nitro groups is 1. The fourth-order valence-electron chi connectivity index (χ4n) is 2.28. The van der Waals surface area contributed by atoms with E-state index in [0.29, 0.717) is 6.54 Å². The van der Waals surface area contributed by atoms with E-state index < -0.39 is 26.4 Å². The van der Waals surface area contributed by atoms with Crippen molar-refractivity contribution in [2.24, 2.45) is 0 Å². The molecule has 8 nitrogen and oxygen atoms in total. The first-order valence-electron chi connectivity index (χ1n) is 6.78. The Balaban J connectivity index is 2.30. The molecule has 0 bridgehead atoms. The van der Waals surface area contributed by atoms with E-state index in [4.69, 9.17) is 0 Å². The monoisotopic (exact) mass is 327 g/mol. The SMILES string of the molecule is CS(=O)(=O)c1cc(C(=O)N[C@H]2CCCNC2)cc([N+](=O)[O-])c1. The Labute approximate surface area is 128 Å². The predicted octanol–water partition coefficient (Wildman–Crippen LogP) is 0.480. The summed E-state index contributed by atoms with van der Waals surface area (Å²) in [4.78, 5) is 22.2. The summed E-state index contributed by atoms with van der Waals surface area (Å²) in [5.74, 6) is -0.512. The zero-order valence-electron chi connectivity index (χ0n) is 12.0. The van der Waals surface area contributed by atoms with Gasteiger partial charge in [0.1, 0.15) is 0 Å². The Hall–Kier alpha value is -2.00. The molecule has 0 radical (unpaired) electrons. The van der Waals surface area contributed by atoms with Crippen molar-refractivity contribution in [2.75, 3.05) is 19.3 Å². The second-order valence-electron chi connectivity index (χ2n) is 5.26. The summed E-state index contributed by atoms with van der Waals surface area (Å²) in [6, 6.07) is 3.13. The molecule has 1 heterocycles. The van der Waals surface area contributed by atoms with E-state index in [1.54, 1.807) is 0 Å².